The van der Waals surface area contributed by atoms with E-state index in [2.05, 4.69) is 5.32 Å². The van der Waals surface area contributed by atoms with Crippen LogP contribution in [0.5, 0.6) is 5.75 Å². The average molecular weight is 373 g/mol. The molecule has 1 aromatic rings. The summed E-state index contributed by atoms with van der Waals surface area (Å²) < 4.78 is 6.18. The van der Waals surface area contributed by atoms with Gasteiger partial charge in [0, 0.05) is 12.1 Å². The van der Waals surface area contributed by atoms with Crippen molar-refractivity contribution in [2.45, 2.75) is 18.9 Å². The molecule has 2 rings (SSSR count). The summed E-state index contributed by atoms with van der Waals surface area (Å²) in [6, 6.07) is 4.99. The van der Waals surface area contributed by atoms with Crippen molar-refractivity contribution in [1.82, 2.24) is 5.32 Å². The van der Waals surface area contributed by atoms with Crippen LogP contribution < -0.4 is 10.1 Å². The van der Waals surface area contributed by atoms with Crippen LogP contribution in [-0.4, -0.2) is 24.1 Å². The minimum absolute atomic E-state index is 0.151. The molecule has 0 saturated carbocycles. The lowest BCUT2D eigenvalue weighted by atomic mass is 10.2. The summed E-state index contributed by atoms with van der Waals surface area (Å²) in [5.41, 5.74) is 0.115. The predicted octanol–water partition coefficient (Wildman–Crippen LogP) is 2.20. The maximum absolute atomic E-state index is 11.0. The van der Waals surface area contributed by atoms with Crippen LogP contribution in [-0.2, 0) is 0 Å². The van der Waals surface area contributed by atoms with Gasteiger partial charge in [-0.05, 0) is 48.0 Å². The minimum atomic E-state index is -0.513. The van der Waals surface area contributed by atoms with E-state index in [1.807, 2.05) is 28.7 Å². The zero-order chi connectivity index (χ0) is 13.8. The average Bonchev–Trinajstić information content (AvgIpc) is 2.89. The minimum Gasteiger partial charge on any atom is -0.484 e. The van der Waals surface area contributed by atoms with Crippen molar-refractivity contribution in [2.24, 2.45) is 0 Å². The molecule has 0 amide bonds. The lowest BCUT2D eigenvalue weighted by Crippen LogP contribution is -2.28. The molecule has 0 aliphatic carbocycles. The normalized spacial score (nSPS) is 18.0. The van der Waals surface area contributed by atoms with Gasteiger partial charge in [-0.3, -0.25) is 10.1 Å². The predicted molar refractivity (Wildman–Crippen MR) is 77.0 cm³/mol. The molecule has 100 valence electrons. The standard InChI is InChI=1S/C12H12IN3O3/c13-10-4-8(6-14)5-11(16(17)18)12(10)19-7-9-2-1-3-15-9/h4-5,9,15H,1-3,7H2. The van der Waals surface area contributed by atoms with Crippen LogP contribution >= 0.6 is 22.6 Å². The molecule has 7 heteroatoms. The number of nitro benzene ring substituents is 1. The number of halogens is 1. The molecule has 1 aromatic carbocycles. The number of nitrogens with zero attached hydrogens (tertiary/aromatic N) is 2. The molecule has 1 atom stereocenters. The fourth-order valence-corrected chi connectivity index (χ4v) is 2.77. The van der Waals surface area contributed by atoms with Gasteiger partial charge in [-0.25, -0.2) is 0 Å². The van der Waals surface area contributed by atoms with Crippen molar-refractivity contribution in [3.05, 3.63) is 31.4 Å². The van der Waals surface area contributed by atoms with E-state index in [1.54, 1.807) is 6.07 Å². The number of hydrogen-bond donors (Lipinski definition) is 1. The number of rotatable bonds is 4. The summed E-state index contributed by atoms with van der Waals surface area (Å²) in [6.45, 7) is 1.36. The Morgan fingerprint density at radius 3 is 3.00 bits per heavy atom. The summed E-state index contributed by atoms with van der Waals surface area (Å²) in [6.07, 6.45) is 2.11. The molecule has 1 saturated heterocycles. The summed E-state index contributed by atoms with van der Waals surface area (Å²) in [5, 5.41) is 23.1. The zero-order valence-electron chi connectivity index (χ0n) is 10.1. The number of benzene rings is 1. The molecule has 1 aliphatic rings. The second-order valence-electron chi connectivity index (χ2n) is 4.28. The van der Waals surface area contributed by atoms with Gasteiger partial charge in [0.2, 0.25) is 5.75 Å². The van der Waals surface area contributed by atoms with E-state index in [9.17, 15) is 10.1 Å². The number of nitriles is 1. The summed E-state index contributed by atoms with van der Waals surface area (Å²) in [7, 11) is 0. The van der Waals surface area contributed by atoms with Crippen molar-refractivity contribution in [3.63, 3.8) is 0 Å². The van der Waals surface area contributed by atoms with Gasteiger partial charge in [0.15, 0.2) is 0 Å². The molecule has 0 aromatic heterocycles. The van der Waals surface area contributed by atoms with Crippen LogP contribution in [0, 0.1) is 25.0 Å². The van der Waals surface area contributed by atoms with Crippen LogP contribution in [0.1, 0.15) is 18.4 Å². The third-order valence-electron chi connectivity index (χ3n) is 2.94. The molecule has 1 heterocycles. The Hall–Kier alpha value is -1.40. The van der Waals surface area contributed by atoms with Crippen LogP contribution in [0.3, 0.4) is 0 Å². The quantitative estimate of drug-likeness (QED) is 0.497. The Morgan fingerprint density at radius 1 is 1.63 bits per heavy atom. The van der Waals surface area contributed by atoms with Crippen LogP contribution in [0.2, 0.25) is 0 Å². The molecule has 6 nitrogen and oxygen atoms in total. The van der Waals surface area contributed by atoms with E-state index in [0.29, 0.717) is 10.2 Å². The van der Waals surface area contributed by atoms with Gasteiger partial charge < -0.3 is 10.1 Å². The van der Waals surface area contributed by atoms with Crippen molar-refractivity contribution in [1.29, 1.82) is 5.26 Å². The largest absolute Gasteiger partial charge is 0.484 e. The molecule has 0 bridgehead atoms. The van der Waals surface area contributed by atoms with Gasteiger partial charge in [0.25, 0.3) is 0 Å². The number of nitrogens with one attached hydrogen (secondary N) is 1. The first-order valence-electron chi connectivity index (χ1n) is 5.86. The van der Waals surface area contributed by atoms with E-state index < -0.39 is 4.92 Å². The van der Waals surface area contributed by atoms with Crippen molar-refractivity contribution >= 4 is 28.3 Å². The molecule has 0 radical (unpaired) electrons. The second kappa shape index (κ2) is 6.16. The van der Waals surface area contributed by atoms with E-state index in [1.165, 1.54) is 6.07 Å². The maximum Gasteiger partial charge on any atom is 0.313 e. The third-order valence-corrected chi connectivity index (χ3v) is 3.74. The Bertz CT molecular complexity index is 536. The molecule has 19 heavy (non-hydrogen) atoms. The first-order valence-corrected chi connectivity index (χ1v) is 6.94. The fraction of sp³-hybridized carbons (Fsp3) is 0.417. The summed E-state index contributed by atoms with van der Waals surface area (Å²) >= 11 is 1.95. The Balaban J connectivity index is 2.22. The molecule has 1 aliphatic heterocycles. The SMILES string of the molecule is N#Cc1cc(I)c(OCC2CCCN2)c([N+](=O)[O-])c1. The Kier molecular flexibility index (Phi) is 4.55. The lowest BCUT2D eigenvalue weighted by Gasteiger charge is -2.13. The number of ether oxygens (including phenoxy) is 1. The Labute approximate surface area is 124 Å². The fourth-order valence-electron chi connectivity index (χ4n) is 2.00. The molecule has 1 fully saturated rings. The maximum atomic E-state index is 11.0. The molecule has 0 spiro atoms. The summed E-state index contributed by atoms with van der Waals surface area (Å²) in [4.78, 5) is 10.5. The molecular formula is C12H12IN3O3. The van der Waals surface area contributed by atoms with Crippen molar-refractivity contribution in [3.8, 4) is 11.8 Å². The molecule has 1 unspecified atom stereocenters. The van der Waals surface area contributed by atoms with Gasteiger partial charge in [0.05, 0.1) is 20.1 Å². The van der Waals surface area contributed by atoms with E-state index in [-0.39, 0.29) is 23.0 Å². The van der Waals surface area contributed by atoms with Gasteiger partial charge in [-0.2, -0.15) is 5.26 Å². The van der Waals surface area contributed by atoms with Gasteiger partial charge in [-0.15, -0.1) is 0 Å². The van der Waals surface area contributed by atoms with Crippen LogP contribution in [0.15, 0.2) is 12.1 Å². The highest BCUT2D eigenvalue weighted by molar-refractivity contribution is 14.1. The van der Waals surface area contributed by atoms with E-state index >= 15 is 0 Å². The van der Waals surface area contributed by atoms with Gasteiger partial charge >= 0.3 is 5.69 Å². The van der Waals surface area contributed by atoms with Crippen molar-refractivity contribution in [2.75, 3.05) is 13.2 Å². The summed E-state index contributed by atoms with van der Waals surface area (Å²) in [5.74, 6) is 0.248. The topological polar surface area (TPSA) is 88.2 Å². The highest BCUT2D eigenvalue weighted by Gasteiger charge is 2.22. The lowest BCUT2D eigenvalue weighted by molar-refractivity contribution is -0.386. The van der Waals surface area contributed by atoms with Crippen LogP contribution in [0.4, 0.5) is 5.69 Å². The monoisotopic (exact) mass is 373 g/mol. The first-order chi connectivity index (χ1) is 9.11. The van der Waals surface area contributed by atoms with Gasteiger partial charge in [-0.1, -0.05) is 0 Å². The zero-order valence-corrected chi connectivity index (χ0v) is 12.2. The molecular weight excluding hydrogens is 361 g/mol. The number of nitro groups is 1. The highest BCUT2D eigenvalue weighted by atomic mass is 127. The van der Waals surface area contributed by atoms with Crippen LogP contribution in [0.25, 0.3) is 0 Å². The second-order valence-corrected chi connectivity index (χ2v) is 5.44. The van der Waals surface area contributed by atoms with Gasteiger partial charge in [0.1, 0.15) is 6.61 Å². The van der Waals surface area contributed by atoms with Crippen molar-refractivity contribution < 1.29 is 9.66 Å². The van der Waals surface area contributed by atoms with E-state index in [0.717, 1.165) is 19.4 Å². The Morgan fingerprint density at radius 2 is 2.42 bits per heavy atom. The molecule has 1 N–H and O–H groups in total. The van der Waals surface area contributed by atoms with E-state index in [4.69, 9.17) is 10.00 Å². The third kappa shape index (κ3) is 3.33. The first kappa shape index (κ1) is 14.0. The highest BCUT2D eigenvalue weighted by Crippen LogP contribution is 2.33. The number of hydrogen-bond acceptors (Lipinski definition) is 5. The smallest absolute Gasteiger partial charge is 0.313 e.